The molecule has 0 atom stereocenters. The third-order valence-electron chi connectivity index (χ3n) is 5.57. The van der Waals surface area contributed by atoms with Crippen LogP contribution in [0.2, 0.25) is 0 Å². The molecule has 3 aliphatic rings. The Balaban J connectivity index is 1.36. The minimum atomic E-state index is -0.0610. The number of hydrogen-bond donors (Lipinski definition) is 3. The molecule has 5 nitrogen and oxygen atoms in total. The van der Waals surface area contributed by atoms with Crippen LogP contribution in [0.25, 0.3) is 11.6 Å². The molecule has 3 heterocycles. The van der Waals surface area contributed by atoms with Crippen molar-refractivity contribution in [1.82, 2.24) is 5.32 Å². The molecule has 5 rings (SSSR count). The summed E-state index contributed by atoms with van der Waals surface area (Å²) in [6.07, 6.45) is 6.23. The first-order chi connectivity index (χ1) is 13.8. The fourth-order valence-corrected chi connectivity index (χ4v) is 4.03. The van der Waals surface area contributed by atoms with Gasteiger partial charge in [0, 0.05) is 42.7 Å². The van der Waals surface area contributed by atoms with E-state index in [2.05, 4.69) is 40.2 Å². The Hall–Kier alpha value is -2.89. The molecule has 5 heteroatoms. The molecule has 0 saturated carbocycles. The topological polar surface area (TPSA) is 62.4 Å². The molecule has 28 heavy (non-hydrogen) atoms. The molecule has 0 spiro atoms. The Morgan fingerprint density at radius 2 is 1.86 bits per heavy atom. The van der Waals surface area contributed by atoms with Crippen LogP contribution in [0.15, 0.2) is 54.2 Å². The molecule has 1 amide bonds. The molecular formula is C23H23N3O2. The summed E-state index contributed by atoms with van der Waals surface area (Å²) in [7, 11) is 0. The van der Waals surface area contributed by atoms with E-state index in [1.807, 2.05) is 30.3 Å². The van der Waals surface area contributed by atoms with Gasteiger partial charge in [0.2, 0.25) is 0 Å². The molecule has 2 aromatic rings. The number of hydrogen-bond acceptors (Lipinski definition) is 4. The van der Waals surface area contributed by atoms with Crippen LogP contribution in [-0.2, 0) is 16.1 Å². The van der Waals surface area contributed by atoms with Crippen molar-refractivity contribution >= 4 is 28.9 Å². The Kier molecular flexibility index (Phi) is 4.47. The van der Waals surface area contributed by atoms with Gasteiger partial charge in [-0.05, 0) is 48.2 Å². The number of anilines is 2. The molecule has 0 radical (unpaired) electrons. The van der Waals surface area contributed by atoms with Crippen LogP contribution in [0.5, 0.6) is 0 Å². The van der Waals surface area contributed by atoms with E-state index in [4.69, 9.17) is 4.74 Å². The lowest BCUT2D eigenvalue weighted by Gasteiger charge is -2.24. The summed E-state index contributed by atoms with van der Waals surface area (Å²) in [6.45, 7) is 2.56. The van der Waals surface area contributed by atoms with Crippen molar-refractivity contribution in [3.05, 3.63) is 70.9 Å². The zero-order chi connectivity index (χ0) is 18.9. The van der Waals surface area contributed by atoms with E-state index in [1.165, 1.54) is 5.56 Å². The summed E-state index contributed by atoms with van der Waals surface area (Å²) >= 11 is 0. The Bertz CT molecular complexity index is 987. The highest BCUT2D eigenvalue weighted by Gasteiger charge is 2.27. The van der Waals surface area contributed by atoms with Crippen LogP contribution in [0.4, 0.5) is 11.4 Å². The van der Waals surface area contributed by atoms with Crippen LogP contribution in [-0.4, -0.2) is 25.2 Å². The number of benzene rings is 2. The van der Waals surface area contributed by atoms with E-state index in [9.17, 15) is 4.79 Å². The second-order valence-electron chi connectivity index (χ2n) is 7.44. The third-order valence-corrected chi connectivity index (χ3v) is 5.57. The molecular weight excluding hydrogens is 350 g/mol. The molecule has 0 bridgehead atoms. The zero-order valence-corrected chi connectivity index (χ0v) is 15.6. The van der Waals surface area contributed by atoms with Crippen molar-refractivity contribution in [2.45, 2.75) is 25.4 Å². The largest absolute Gasteiger partial charge is 0.381 e. The summed E-state index contributed by atoms with van der Waals surface area (Å²) < 4.78 is 5.42. The quantitative estimate of drug-likeness (QED) is 0.717. The van der Waals surface area contributed by atoms with Gasteiger partial charge in [0.1, 0.15) is 0 Å². The number of rotatable bonds is 3. The van der Waals surface area contributed by atoms with Crippen molar-refractivity contribution in [2.75, 3.05) is 23.8 Å². The van der Waals surface area contributed by atoms with E-state index in [1.54, 1.807) is 0 Å². The predicted octanol–water partition coefficient (Wildman–Crippen LogP) is 3.76. The van der Waals surface area contributed by atoms with Gasteiger partial charge in [-0.3, -0.25) is 4.79 Å². The van der Waals surface area contributed by atoms with Crippen LogP contribution < -0.4 is 16.0 Å². The SMILES string of the molecule is O=C1Nc2ccccc2C1=C1C=Cc2cc(CNC3CCOCC3)ccc2N1. The van der Waals surface area contributed by atoms with Crippen molar-refractivity contribution in [3.63, 3.8) is 0 Å². The standard InChI is InChI=1S/C23H23N3O2/c27-23-22(18-3-1-2-4-20(18)26-23)21-8-6-16-13-15(5-7-19(16)25-21)14-24-17-9-11-28-12-10-17/h1-8,13,17,24-25H,9-12,14H2,(H,26,27). The van der Waals surface area contributed by atoms with Gasteiger partial charge in [-0.2, -0.15) is 0 Å². The van der Waals surface area contributed by atoms with Crippen LogP contribution in [0.1, 0.15) is 29.5 Å². The van der Waals surface area contributed by atoms with E-state index in [-0.39, 0.29) is 5.91 Å². The number of carbonyl (C=O) groups excluding carboxylic acids is 1. The highest BCUT2D eigenvalue weighted by atomic mass is 16.5. The molecule has 3 N–H and O–H groups in total. The van der Waals surface area contributed by atoms with Gasteiger partial charge >= 0.3 is 0 Å². The maximum Gasteiger partial charge on any atom is 0.258 e. The van der Waals surface area contributed by atoms with E-state index >= 15 is 0 Å². The first-order valence-corrected chi connectivity index (χ1v) is 9.82. The molecule has 2 aromatic carbocycles. The first-order valence-electron chi connectivity index (χ1n) is 9.82. The maximum atomic E-state index is 12.5. The van der Waals surface area contributed by atoms with Crippen LogP contribution in [0, 0.1) is 0 Å². The third kappa shape index (κ3) is 3.23. The summed E-state index contributed by atoms with van der Waals surface area (Å²) in [4.78, 5) is 12.5. The highest BCUT2D eigenvalue weighted by molar-refractivity contribution is 6.33. The van der Waals surface area contributed by atoms with Crippen LogP contribution in [0.3, 0.4) is 0 Å². The van der Waals surface area contributed by atoms with Gasteiger partial charge < -0.3 is 20.7 Å². The molecule has 142 valence electrons. The van der Waals surface area contributed by atoms with Crippen molar-refractivity contribution in [3.8, 4) is 0 Å². The average Bonchev–Trinajstić information content (AvgIpc) is 3.08. The van der Waals surface area contributed by atoms with Gasteiger partial charge in [-0.25, -0.2) is 0 Å². The van der Waals surface area contributed by atoms with Gasteiger partial charge in [0.15, 0.2) is 0 Å². The summed E-state index contributed by atoms with van der Waals surface area (Å²) in [5, 5.41) is 10.0. The first kappa shape index (κ1) is 17.2. The van der Waals surface area contributed by atoms with Crippen molar-refractivity contribution in [2.24, 2.45) is 0 Å². The number of carbonyl (C=O) groups is 1. The zero-order valence-electron chi connectivity index (χ0n) is 15.6. The van der Waals surface area contributed by atoms with Crippen molar-refractivity contribution < 1.29 is 9.53 Å². The lowest BCUT2D eigenvalue weighted by Crippen LogP contribution is -2.34. The van der Waals surface area contributed by atoms with E-state index in [0.717, 1.165) is 60.8 Å². The second kappa shape index (κ2) is 7.26. The summed E-state index contributed by atoms with van der Waals surface area (Å²) in [5.41, 5.74) is 6.77. The van der Waals surface area contributed by atoms with Gasteiger partial charge in [0.25, 0.3) is 5.91 Å². The van der Waals surface area contributed by atoms with Gasteiger partial charge in [-0.15, -0.1) is 0 Å². The molecule has 3 aliphatic heterocycles. The Morgan fingerprint density at radius 1 is 1.00 bits per heavy atom. The summed E-state index contributed by atoms with van der Waals surface area (Å²) in [5.74, 6) is -0.0610. The number of ether oxygens (including phenoxy) is 1. The average molecular weight is 373 g/mol. The molecule has 1 fully saturated rings. The Morgan fingerprint density at radius 3 is 2.75 bits per heavy atom. The normalized spacial score (nSPS) is 21.1. The van der Waals surface area contributed by atoms with Gasteiger partial charge in [-0.1, -0.05) is 30.3 Å². The molecule has 0 aromatic heterocycles. The number of fused-ring (bicyclic) bond motifs is 2. The monoisotopic (exact) mass is 373 g/mol. The molecule has 0 aliphatic carbocycles. The van der Waals surface area contributed by atoms with Gasteiger partial charge in [0.05, 0.1) is 11.3 Å². The molecule has 1 saturated heterocycles. The predicted molar refractivity (Wildman–Crippen MR) is 112 cm³/mol. The fraction of sp³-hybridized carbons (Fsp3) is 0.261. The van der Waals surface area contributed by atoms with Crippen molar-refractivity contribution in [1.29, 1.82) is 0 Å². The number of para-hydroxylation sites is 1. The number of amides is 1. The Labute approximate surface area is 164 Å². The van der Waals surface area contributed by atoms with E-state index < -0.39 is 0 Å². The number of allylic oxidation sites excluding steroid dienone is 1. The van der Waals surface area contributed by atoms with Crippen LogP contribution >= 0.6 is 0 Å². The minimum absolute atomic E-state index is 0.0610. The maximum absolute atomic E-state index is 12.5. The highest BCUT2D eigenvalue weighted by Crippen LogP contribution is 2.36. The molecule has 0 unspecified atom stereocenters. The fourth-order valence-electron chi connectivity index (χ4n) is 4.03. The number of nitrogens with one attached hydrogen (secondary N) is 3. The summed E-state index contributed by atoms with van der Waals surface area (Å²) in [6, 6.07) is 14.8. The lowest BCUT2D eigenvalue weighted by atomic mass is 9.99. The smallest absolute Gasteiger partial charge is 0.258 e. The van der Waals surface area contributed by atoms with E-state index in [0.29, 0.717) is 11.6 Å². The lowest BCUT2D eigenvalue weighted by molar-refractivity contribution is -0.110. The minimum Gasteiger partial charge on any atom is -0.381 e. The second-order valence-corrected chi connectivity index (χ2v) is 7.44.